The van der Waals surface area contributed by atoms with Crippen LogP contribution in [-0.2, 0) is 19.9 Å². The molecular formula is C15H17N7O4S2. The minimum atomic E-state index is -3.79. The Morgan fingerprint density at radius 1 is 1.11 bits per heavy atom. The maximum Gasteiger partial charge on any atom is 0.238 e. The summed E-state index contributed by atoms with van der Waals surface area (Å²) in [5.41, 5.74) is 0.727. The third kappa shape index (κ3) is 3.76. The molecule has 13 heteroatoms. The Bertz CT molecular complexity index is 1260. The fourth-order valence-corrected chi connectivity index (χ4v) is 3.89. The zero-order valence-electron chi connectivity index (χ0n) is 14.7. The smallest absolute Gasteiger partial charge is 0.238 e. The predicted molar refractivity (Wildman–Crippen MR) is 103 cm³/mol. The van der Waals surface area contributed by atoms with Crippen LogP contribution >= 0.6 is 0 Å². The van der Waals surface area contributed by atoms with E-state index in [1.165, 1.54) is 24.3 Å². The van der Waals surface area contributed by atoms with E-state index in [0.29, 0.717) is 16.9 Å². The van der Waals surface area contributed by atoms with Gasteiger partial charge in [-0.25, -0.2) is 22.0 Å². The molecule has 4 rings (SSSR count). The second-order valence-corrected chi connectivity index (χ2v) is 10.0. The number of sulfone groups is 1. The Morgan fingerprint density at radius 3 is 2.36 bits per heavy atom. The Kier molecular flexibility index (Phi) is 4.24. The monoisotopic (exact) mass is 423 g/mol. The molecule has 0 bridgehead atoms. The van der Waals surface area contributed by atoms with E-state index in [0.717, 1.165) is 19.1 Å². The number of anilines is 3. The van der Waals surface area contributed by atoms with Gasteiger partial charge in [0.05, 0.1) is 4.90 Å². The molecule has 28 heavy (non-hydrogen) atoms. The summed E-state index contributed by atoms with van der Waals surface area (Å²) in [5.74, 6) is 0.552. The molecule has 1 aliphatic carbocycles. The summed E-state index contributed by atoms with van der Waals surface area (Å²) in [6, 6.07) is 5.98. The number of hydrogen-bond acceptors (Lipinski definition) is 9. The van der Waals surface area contributed by atoms with Gasteiger partial charge in [0, 0.05) is 18.0 Å². The summed E-state index contributed by atoms with van der Waals surface area (Å²) < 4.78 is 46.7. The van der Waals surface area contributed by atoms with Crippen LogP contribution in [0.2, 0.25) is 0 Å². The minimum absolute atomic E-state index is 0.0180. The summed E-state index contributed by atoms with van der Waals surface area (Å²) in [6.45, 7) is 0. The summed E-state index contributed by atoms with van der Waals surface area (Å²) in [7, 11) is -7.33. The average Bonchev–Trinajstić information content (AvgIpc) is 3.28. The lowest BCUT2D eigenvalue weighted by Gasteiger charge is -2.10. The molecule has 1 fully saturated rings. The molecule has 2 heterocycles. The van der Waals surface area contributed by atoms with E-state index >= 15 is 0 Å². The topological polar surface area (TPSA) is 173 Å². The molecule has 2 aromatic heterocycles. The number of nitrogens with zero attached hydrogens (tertiary/aromatic N) is 3. The highest BCUT2D eigenvalue weighted by Gasteiger charge is 2.27. The number of rotatable bonds is 6. The first-order valence-electron chi connectivity index (χ1n) is 8.24. The van der Waals surface area contributed by atoms with E-state index in [9.17, 15) is 16.8 Å². The zero-order chi connectivity index (χ0) is 20.1. The zero-order valence-corrected chi connectivity index (χ0v) is 16.3. The Labute approximate surface area is 160 Å². The predicted octanol–water partition coefficient (Wildman–Crippen LogP) is 0.722. The van der Waals surface area contributed by atoms with Crippen LogP contribution in [0.1, 0.15) is 12.8 Å². The molecule has 0 radical (unpaired) electrons. The lowest BCUT2D eigenvalue weighted by Crippen LogP contribution is -2.12. The van der Waals surface area contributed by atoms with Gasteiger partial charge in [-0.2, -0.15) is 15.1 Å². The quantitative estimate of drug-likeness (QED) is 0.445. The number of nitrogens with one attached hydrogen (secondary N) is 3. The van der Waals surface area contributed by atoms with Gasteiger partial charge in [-0.15, -0.1) is 0 Å². The van der Waals surface area contributed by atoms with Crippen LogP contribution in [-0.4, -0.2) is 49.3 Å². The van der Waals surface area contributed by atoms with Crippen LogP contribution in [0.4, 0.5) is 17.5 Å². The van der Waals surface area contributed by atoms with Crippen LogP contribution in [0.25, 0.3) is 11.0 Å². The Morgan fingerprint density at radius 2 is 1.79 bits per heavy atom. The molecule has 0 spiro atoms. The molecule has 5 N–H and O–H groups in total. The Balaban J connectivity index is 1.73. The van der Waals surface area contributed by atoms with Crippen molar-refractivity contribution in [3.05, 3.63) is 24.3 Å². The van der Waals surface area contributed by atoms with E-state index in [1.807, 2.05) is 0 Å². The molecule has 11 nitrogen and oxygen atoms in total. The maximum absolute atomic E-state index is 12.0. The van der Waals surface area contributed by atoms with Crippen molar-refractivity contribution in [3.8, 4) is 0 Å². The minimum Gasteiger partial charge on any atom is -0.367 e. The van der Waals surface area contributed by atoms with E-state index < -0.39 is 19.9 Å². The van der Waals surface area contributed by atoms with Crippen molar-refractivity contribution >= 4 is 48.3 Å². The fraction of sp³-hybridized carbons (Fsp3) is 0.267. The van der Waals surface area contributed by atoms with Crippen LogP contribution in [0.5, 0.6) is 0 Å². The number of H-pyrrole nitrogens is 1. The van der Waals surface area contributed by atoms with Gasteiger partial charge in [0.25, 0.3) is 0 Å². The SMILES string of the molecule is CS(=O)(=O)c1[nH]nc2nc(Nc3ccc(S(N)(=O)=O)cc3)nc(NC3CC3)c12. The third-order valence-electron chi connectivity index (χ3n) is 4.11. The van der Waals surface area contributed by atoms with E-state index in [2.05, 4.69) is 30.8 Å². The third-order valence-corrected chi connectivity index (χ3v) is 6.07. The maximum atomic E-state index is 12.0. The average molecular weight is 423 g/mol. The first-order chi connectivity index (χ1) is 13.1. The lowest BCUT2D eigenvalue weighted by atomic mass is 10.3. The van der Waals surface area contributed by atoms with Crippen molar-refractivity contribution in [1.29, 1.82) is 0 Å². The van der Waals surface area contributed by atoms with Crippen molar-refractivity contribution < 1.29 is 16.8 Å². The van der Waals surface area contributed by atoms with Gasteiger partial charge < -0.3 is 10.6 Å². The number of sulfonamides is 1. The lowest BCUT2D eigenvalue weighted by molar-refractivity contribution is 0.596. The summed E-state index contributed by atoms with van der Waals surface area (Å²) >= 11 is 0. The molecule has 0 saturated heterocycles. The highest BCUT2D eigenvalue weighted by Crippen LogP contribution is 2.32. The second-order valence-electron chi connectivity index (χ2n) is 6.53. The molecule has 1 aliphatic rings. The van der Waals surface area contributed by atoms with E-state index in [-0.39, 0.29) is 27.6 Å². The number of aromatic nitrogens is 4. The van der Waals surface area contributed by atoms with E-state index in [1.54, 1.807) is 0 Å². The second kappa shape index (κ2) is 6.39. The Hall–Kier alpha value is -2.77. The fourth-order valence-electron chi connectivity index (χ4n) is 2.61. The molecule has 1 saturated carbocycles. The van der Waals surface area contributed by atoms with Crippen molar-refractivity contribution in [2.75, 3.05) is 16.9 Å². The largest absolute Gasteiger partial charge is 0.367 e. The first kappa shape index (κ1) is 18.6. The number of hydrogen-bond donors (Lipinski definition) is 4. The van der Waals surface area contributed by atoms with Crippen LogP contribution in [0.15, 0.2) is 34.2 Å². The summed E-state index contributed by atoms with van der Waals surface area (Å²) in [5, 5.41) is 18.0. The van der Waals surface area contributed by atoms with Gasteiger partial charge in [-0.1, -0.05) is 0 Å². The molecule has 1 aromatic carbocycles. The standard InChI is InChI=1S/C15H17N7O4S2/c1-27(23,24)14-11-12(17-8-2-3-8)19-15(20-13(11)21-22-14)18-9-4-6-10(7-5-9)28(16,25)26/h4-8H,2-3H2,1H3,(H2,16,25,26)(H3,17,18,19,20,21,22). The molecule has 0 amide bonds. The van der Waals surface area contributed by atoms with Crippen LogP contribution < -0.4 is 15.8 Å². The number of primary sulfonamides is 1. The van der Waals surface area contributed by atoms with Gasteiger partial charge in [0.2, 0.25) is 16.0 Å². The van der Waals surface area contributed by atoms with Gasteiger partial charge in [-0.05, 0) is 37.1 Å². The number of benzene rings is 1. The molecule has 0 unspecified atom stereocenters. The van der Waals surface area contributed by atoms with Crippen molar-refractivity contribution in [2.45, 2.75) is 28.8 Å². The highest BCUT2D eigenvalue weighted by atomic mass is 32.2. The number of nitrogens with two attached hydrogens (primary N) is 1. The highest BCUT2D eigenvalue weighted by molar-refractivity contribution is 7.90. The summed E-state index contributed by atoms with van der Waals surface area (Å²) in [4.78, 5) is 8.63. The van der Waals surface area contributed by atoms with Gasteiger partial charge in [0.1, 0.15) is 11.2 Å². The van der Waals surface area contributed by atoms with Gasteiger partial charge in [-0.3, -0.25) is 5.10 Å². The molecule has 3 aromatic rings. The van der Waals surface area contributed by atoms with Crippen LogP contribution in [0, 0.1) is 0 Å². The van der Waals surface area contributed by atoms with Gasteiger partial charge >= 0.3 is 0 Å². The van der Waals surface area contributed by atoms with Crippen molar-refractivity contribution in [1.82, 2.24) is 20.2 Å². The normalized spacial score (nSPS) is 14.9. The van der Waals surface area contributed by atoms with Gasteiger partial charge in [0.15, 0.2) is 20.5 Å². The first-order valence-corrected chi connectivity index (χ1v) is 11.7. The van der Waals surface area contributed by atoms with Crippen molar-refractivity contribution in [3.63, 3.8) is 0 Å². The van der Waals surface area contributed by atoms with Crippen molar-refractivity contribution in [2.24, 2.45) is 5.14 Å². The summed E-state index contributed by atoms with van der Waals surface area (Å²) in [6.07, 6.45) is 3.02. The molecule has 0 aliphatic heterocycles. The van der Waals surface area contributed by atoms with Crippen LogP contribution in [0.3, 0.4) is 0 Å². The number of fused-ring (bicyclic) bond motifs is 1. The molecular weight excluding hydrogens is 406 g/mol. The molecule has 0 atom stereocenters. The number of aromatic amines is 1. The van der Waals surface area contributed by atoms with E-state index in [4.69, 9.17) is 5.14 Å². The molecule has 148 valence electrons.